The van der Waals surface area contributed by atoms with Crippen molar-refractivity contribution >= 4 is 108 Å². The van der Waals surface area contributed by atoms with Crippen molar-refractivity contribution < 1.29 is 0 Å². The maximum atomic E-state index is 4.83. The molecule has 0 spiro atoms. The monoisotopic (exact) mass is 674 g/mol. The van der Waals surface area contributed by atoms with E-state index in [-0.39, 0.29) is 0 Å². The highest BCUT2D eigenvalue weighted by atomic mass is 32.1. The lowest BCUT2D eigenvalue weighted by molar-refractivity contribution is 0.649. The molecule has 0 aliphatic carbocycles. The molecule has 218 valence electrons. The first-order chi connectivity index (χ1) is 20.9. The van der Waals surface area contributed by atoms with Gasteiger partial charge in [-0.15, -0.1) is 46.6 Å². The number of nitrogens with zero attached hydrogens (tertiary/aromatic N) is 4. The topological polar surface area (TPSA) is 51.6 Å². The van der Waals surface area contributed by atoms with Crippen LogP contribution in [0.4, 0.5) is 0 Å². The predicted molar refractivity (Wildman–Crippen MR) is 196 cm³/mol. The summed E-state index contributed by atoms with van der Waals surface area (Å²) in [6.45, 7) is 8.96. The molecule has 0 saturated carbocycles. The summed E-state index contributed by atoms with van der Waals surface area (Å²) in [6.07, 6.45) is 6.39. The normalized spacial score (nSPS) is 12.6. The van der Waals surface area contributed by atoms with E-state index in [2.05, 4.69) is 80.6 Å². The highest BCUT2D eigenvalue weighted by molar-refractivity contribution is 7.90. The number of aromatic nitrogens is 4. The Morgan fingerprint density at radius 2 is 1.44 bits per heavy atom. The molecule has 0 bridgehead atoms. The molecule has 0 unspecified atom stereocenters. The summed E-state index contributed by atoms with van der Waals surface area (Å²) < 4.78 is 19.1. The number of hydrogen-bond donors (Lipinski definition) is 1. The van der Waals surface area contributed by atoms with Crippen LogP contribution in [0, 0.1) is 5.92 Å². The van der Waals surface area contributed by atoms with Gasteiger partial charge in [0.2, 0.25) is 0 Å². The van der Waals surface area contributed by atoms with Crippen LogP contribution in [0.15, 0.2) is 48.5 Å². The van der Waals surface area contributed by atoms with E-state index >= 15 is 0 Å². The minimum Gasteiger partial charge on any atom is -0.172 e. The van der Waals surface area contributed by atoms with Crippen molar-refractivity contribution in [3.8, 4) is 29.9 Å². The number of allylic oxidation sites excluding steroid dienone is 1. The van der Waals surface area contributed by atoms with Crippen LogP contribution >= 0.6 is 70.1 Å². The van der Waals surface area contributed by atoms with E-state index < -0.39 is 0 Å². The zero-order chi connectivity index (χ0) is 29.7. The van der Waals surface area contributed by atoms with Crippen LogP contribution in [0.25, 0.3) is 67.7 Å². The van der Waals surface area contributed by atoms with E-state index in [1.54, 1.807) is 0 Å². The van der Waals surface area contributed by atoms with Gasteiger partial charge in [-0.2, -0.15) is 17.5 Å². The van der Waals surface area contributed by atoms with Crippen molar-refractivity contribution in [2.24, 2.45) is 5.92 Å². The maximum absolute atomic E-state index is 4.83. The number of fused-ring (bicyclic) bond motifs is 5. The van der Waals surface area contributed by atoms with E-state index in [4.69, 9.17) is 25.7 Å². The number of hydrogen-bond acceptors (Lipinski definition) is 10. The summed E-state index contributed by atoms with van der Waals surface area (Å²) >= 11 is 13.0. The number of thiophene rings is 3. The molecule has 43 heavy (non-hydrogen) atoms. The molecule has 0 radical (unpaired) electrons. The van der Waals surface area contributed by atoms with Crippen molar-refractivity contribution in [3.63, 3.8) is 0 Å². The highest BCUT2D eigenvalue weighted by Gasteiger charge is 2.22. The molecule has 0 N–H and O–H groups in total. The van der Waals surface area contributed by atoms with Crippen LogP contribution in [-0.2, 0) is 12.8 Å². The van der Waals surface area contributed by atoms with Crippen LogP contribution in [0.3, 0.4) is 0 Å². The Hall–Kier alpha value is -2.47. The largest absolute Gasteiger partial charge is 0.172 e. The summed E-state index contributed by atoms with van der Waals surface area (Å²) in [5.74, 6) is 0.554. The zero-order valence-electron chi connectivity index (χ0n) is 24.3. The van der Waals surface area contributed by atoms with Crippen LogP contribution in [-0.4, -0.2) is 17.5 Å². The molecule has 10 heteroatoms. The van der Waals surface area contributed by atoms with Crippen molar-refractivity contribution in [1.82, 2.24) is 17.5 Å². The van der Waals surface area contributed by atoms with E-state index in [9.17, 15) is 0 Å². The quantitative estimate of drug-likeness (QED) is 0.155. The predicted octanol–water partition coefficient (Wildman–Crippen LogP) is 11.9. The van der Waals surface area contributed by atoms with Gasteiger partial charge in [0, 0.05) is 56.1 Å². The Morgan fingerprint density at radius 1 is 0.767 bits per heavy atom. The Labute approximate surface area is 277 Å². The molecule has 5 aromatic heterocycles. The molecule has 0 fully saturated rings. The summed E-state index contributed by atoms with van der Waals surface area (Å²) in [7, 11) is 0. The van der Waals surface area contributed by atoms with Crippen molar-refractivity contribution in [1.29, 1.82) is 0 Å². The fourth-order valence-corrected chi connectivity index (χ4v) is 10.6. The van der Waals surface area contributed by atoms with Crippen molar-refractivity contribution in [3.05, 3.63) is 64.5 Å². The smallest absolute Gasteiger partial charge is 0.114 e. The molecule has 0 saturated heterocycles. The summed E-state index contributed by atoms with van der Waals surface area (Å²) in [5.41, 5.74) is 7.20. The van der Waals surface area contributed by atoms with E-state index in [0.717, 1.165) is 68.1 Å². The second-order valence-corrected chi connectivity index (χ2v) is 15.9. The third-order valence-electron chi connectivity index (χ3n) is 7.47. The third kappa shape index (κ3) is 5.40. The Balaban J connectivity index is 1.39. The Kier molecular flexibility index (Phi) is 8.26. The van der Waals surface area contributed by atoms with Crippen LogP contribution in [0.1, 0.15) is 56.5 Å². The molecule has 0 aliphatic heterocycles. The molecule has 4 nitrogen and oxygen atoms in total. The highest BCUT2D eigenvalue weighted by Crippen LogP contribution is 2.47. The molecule has 0 aliphatic rings. The van der Waals surface area contributed by atoms with Gasteiger partial charge < -0.3 is 0 Å². The first-order valence-electron chi connectivity index (χ1n) is 14.5. The Morgan fingerprint density at radius 3 is 2.21 bits per heavy atom. The van der Waals surface area contributed by atoms with E-state index in [1.807, 2.05) is 34.0 Å². The zero-order valence-corrected chi connectivity index (χ0v) is 29.3. The number of aryl methyl sites for hydroxylation is 1. The maximum Gasteiger partial charge on any atom is 0.114 e. The fraction of sp³-hybridized carbons (Fsp3) is 0.273. The van der Waals surface area contributed by atoms with Gasteiger partial charge in [-0.25, -0.2) is 0 Å². The molecular formula is C33H30N4S6. The van der Waals surface area contributed by atoms with Gasteiger partial charge in [0.25, 0.3) is 0 Å². The van der Waals surface area contributed by atoms with Crippen molar-refractivity contribution in [2.75, 3.05) is 0 Å². The number of rotatable bonds is 9. The lowest BCUT2D eigenvalue weighted by Gasteiger charge is -2.08. The van der Waals surface area contributed by atoms with Crippen LogP contribution in [0.5, 0.6) is 0 Å². The summed E-state index contributed by atoms with van der Waals surface area (Å²) in [4.78, 5) is 9.02. The lowest BCUT2D eigenvalue weighted by atomic mass is 9.98. The summed E-state index contributed by atoms with van der Waals surface area (Å²) in [6, 6.07) is 16.0. The fourth-order valence-electron chi connectivity index (χ4n) is 5.59. The van der Waals surface area contributed by atoms with Gasteiger partial charge in [-0.1, -0.05) is 40.2 Å². The minimum absolute atomic E-state index is 0.554. The average molecular weight is 675 g/mol. The van der Waals surface area contributed by atoms with E-state index in [1.165, 1.54) is 64.7 Å². The van der Waals surface area contributed by atoms with Crippen molar-refractivity contribution in [2.45, 2.75) is 53.4 Å². The second kappa shape index (κ2) is 12.1. The molecule has 7 aromatic rings. The Bertz CT molecular complexity index is 2120. The SMILES string of the molecule is CC/C=C(\S)c1cc2c(cc(-c3cc(CC(C)C)c(-c4ccc(-c5ccc(CCC)s5)s4)s3)c3nsnc32)c2nsnc12. The average Bonchev–Trinajstić information content (AvgIpc) is 3.81. The number of thiol groups is 1. The van der Waals surface area contributed by atoms with Gasteiger partial charge in [0.1, 0.15) is 22.1 Å². The lowest BCUT2D eigenvalue weighted by Crippen LogP contribution is -1.93. The molecule has 0 atom stereocenters. The molecule has 7 rings (SSSR count). The van der Waals surface area contributed by atoms with Crippen LogP contribution < -0.4 is 0 Å². The molecule has 5 heterocycles. The first-order valence-corrected chi connectivity index (χ1v) is 18.9. The van der Waals surface area contributed by atoms with Gasteiger partial charge in [0.05, 0.1) is 23.5 Å². The van der Waals surface area contributed by atoms with Gasteiger partial charge in [-0.3, -0.25) is 0 Å². The van der Waals surface area contributed by atoms with Crippen LogP contribution in [0.2, 0.25) is 0 Å². The standard InChI is InChI=1S/C33H30N4S6/c1-5-7-19-9-10-25(39-19)26-11-12-27(40-26)33-18(13-17(3)4)14-28(41-33)23-16-21-20(30-32(23)37-43-35-30)15-22(24(38)8-6-2)31-29(21)34-42-36-31/h8-12,14-17,38H,5-7,13H2,1-4H3/b24-8-. The van der Waals surface area contributed by atoms with E-state index in [0.29, 0.717) is 5.92 Å². The molecule has 2 aromatic carbocycles. The van der Waals surface area contributed by atoms with Gasteiger partial charge in [0.15, 0.2) is 0 Å². The van der Waals surface area contributed by atoms with Gasteiger partial charge >= 0.3 is 0 Å². The number of benzene rings is 2. The minimum atomic E-state index is 0.554. The second-order valence-electron chi connectivity index (χ2n) is 11.1. The third-order valence-corrected chi connectivity index (χ3v) is 12.8. The summed E-state index contributed by atoms with van der Waals surface area (Å²) in [5, 5.41) is 2.12. The van der Waals surface area contributed by atoms with Gasteiger partial charge in [-0.05, 0) is 73.2 Å². The first kappa shape index (κ1) is 29.3. The molecule has 0 amide bonds. The molecular weight excluding hydrogens is 645 g/mol.